The number of nitrogens with zero attached hydrogens (tertiary/aromatic N) is 1. The van der Waals surface area contributed by atoms with Gasteiger partial charge in [-0.15, -0.1) is 0 Å². The first-order valence-electron chi connectivity index (χ1n) is 8.05. The Balaban J connectivity index is 1.87. The minimum absolute atomic E-state index is 0.173. The van der Waals surface area contributed by atoms with Crippen LogP contribution in [0.3, 0.4) is 0 Å². The lowest BCUT2D eigenvalue weighted by atomic mass is 10.1. The predicted molar refractivity (Wildman–Crippen MR) is 97.8 cm³/mol. The summed E-state index contributed by atoms with van der Waals surface area (Å²) in [4.78, 5) is 24.0. The molecule has 0 aliphatic rings. The first kappa shape index (κ1) is 15.9. The number of aldehydes is 1. The van der Waals surface area contributed by atoms with Gasteiger partial charge in [0.2, 0.25) is 0 Å². The zero-order valence-electron chi connectivity index (χ0n) is 14.0. The Hall–Kier alpha value is -3.60. The smallest absolute Gasteiger partial charge is 0.262 e. The third kappa shape index (κ3) is 2.59. The van der Waals surface area contributed by atoms with E-state index in [-0.39, 0.29) is 11.7 Å². The van der Waals surface area contributed by atoms with Crippen molar-refractivity contribution in [2.75, 3.05) is 7.11 Å². The van der Waals surface area contributed by atoms with Gasteiger partial charge < -0.3 is 9.15 Å². The second-order valence-electron chi connectivity index (χ2n) is 5.79. The number of aromatic nitrogens is 1. The van der Waals surface area contributed by atoms with Gasteiger partial charge in [-0.25, -0.2) is 0 Å². The van der Waals surface area contributed by atoms with Crippen molar-refractivity contribution in [2.24, 2.45) is 0 Å². The number of hydrogen-bond donors (Lipinski definition) is 0. The molecule has 0 N–H and O–H groups in total. The summed E-state index contributed by atoms with van der Waals surface area (Å²) >= 11 is 0. The molecule has 0 saturated carbocycles. The minimum atomic E-state index is -0.173. The van der Waals surface area contributed by atoms with Crippen molar-refractivity contribution in [2.45, 2.75) is 0 Å². The molecule has 0 radical (unpaired) electrons. The van der Waals surface area contributed by atoms with Crippen molar-refractivity contribution in [1.82, 2.24) is 4.57 Å². The molecule has 4 rings (SSSR count). The Bertz CT molecular complexity index is 1120. The number of methoxy groups -OCH3 is 1. The summed E-state index contributed by atoms with van der Waals surface area (Å²) in [7, 11) is 1.56. The van der Waals surface area contributed by atoms with Crippen LogP contribution in [0.4, 0.5) is 0 Å². The molecule has 0 aliphatic carbocycles. The number of carbonyl (C=O) groups excluding carboxylic acids is 2. The van der Waals surface area contributed by atoms with Gasteiger partial charge in [-0.2, -0.15) is 0 Å². The van der Waals surface area contributed by atoms with Gasteiger partial charge in [0.05, 0.1) is 12.6 Å². The molecule has 2 heterocycles. The van der Waals surface area contributed by atoms with Gasteiger partial charge in [-0.3, -0.25) is 14.2 Å². The van der Waals surface area contributed by atoms with Gasteiger partial charge in [-0.1, -0.05) is 24.3 Å². The number of para-hydroxylation sites is 1. The van der Waals surface area contributed by atoms with E-state index in [1.54, 1.807) is 54.3 Å². The zero-order chi connectivity index (χ0) is 18.1. The van der Waals surface area contributed by atoms with Gasteiger partial charge in [0, 0.05) is 22.7 Å². The van der Waals surface area contributed by atoms with E-state index in [1.807, 2.05) is 24.3 Å². The van der Waals surface area contributed by atoms with E-state index < -0.39 is 0 Å². The second-order valence-corrected chi connectivity index (χ2v) is 5.79. The summed E-state index contributed by atoms with van der Waals surface area (Å²) in [5, 5.41) is 0.871. The lowest BCUT2D eigenvalue weighted by molar-refractivity contribution is 0.0964. The summed E-state index contributed by atoms with van der Waals surface area (Å²) < 4.78 is 12.3. The maximum Gasteiger partial charge on any atom is 0.262 e. The third-order valence-corrected chi connectivity index (χ3v) is 4.26. The second kappa shape index (κ2) is 6.37. The van der Waals surface area contributed by atoms with Crippen LogP contribution in [0.2, 0.25) is 0 Å². The Morgan fingerprint density at radius 1 is 1.08 bits per heavy atom. The normalized spacial score (nSPS) is 10.8. The zero-order valence-corrected chi connectivity index (χ0v) is 14.0. The average Bonchev–Trinajstić information content (AvgIpc) is 3.32. The monoisotopic (exact) mass is 345 g/mol. The van der Waals surface area contributed by atoms with E-state index in [0.29, 0.717) is 23.4 Å². The average molecular weight is 345 g/mol. The first-order chi connectivity index (χ1) is 12.7. The van der Waals surface area contributed by atoms with E-state index >= 15 is 0 Å². The highest BCUT2D eigenvalue weighted by atomic mass is 16.5. The Labute approximate surface area is 149 Å². The summed E-state index contributed by atoms with van der Waals surface area (Å²) in [6.45, 7) is 0. The SMILES string of the molecule is COc1cccc(C(=O)n2cc(-c3ccc(C=O)o3)c3ccccc32)c1. The van der Waals surface area contributed by atoms with Crippen LogP contribution in [0.5, 0.6) is 5.75 Å². The number of rotatable bonds is 4. The van der Waals surface area contributed by atoms with Crippen molar-refractivity contribution in [3.8, 4) is 17.1 Å². The number of furan rings is 1. The standard InChI is InChI=1S/C21H15NO4/c1-25-15-6-4-5-14(11-15)21(24)22-12-18(17-7-2-3-8-19(17)22)20-10-9-16(13-23)26-20/h2-13H,1H3. The van der Waals surface area contributed by atoms with Gasteiger partial charge in [0.25, 0.3) is 5.91 Å². The number of carbonyl (C=O) groups is 2. The van der Waals surface area contributed by atoms with Crippen LogP contribution in [0, 0.1) is 0 Å². The Morgan fingerprint density at radius 2 is 1.92 bits per heavy atom. The first-order valence-corrected chi connectivity index (χ1v) is 8.05. The summed E-state index contributed by atoms with van der Waals surface area (Å²) in [5.41, 5.74) is 2.04. The molecule has 4 aromatic rings. The highest BCUT2D eigenvalue weighted by Gasteiger charge is 2.18. The molecular weight excluding hydrogens is 330 g/mol. The Kier molecular flexibility index (Phi) is 3.89. The molecule has 0 bridgehead atoms. The number of hydrogen-bond acceptors (Lipinski definition) is 4. The van der Waals surface area contributed by atoms with Crippen molar-refractivity contribution < 1.29 is 18.7 Å². The molecule has 0 atom stereocenters. The molecule has 128 valence electrons. The lowest BCUT2D eigenvalue weighted by Crippen LogP contribution is -2.10. The lowest BCUT2D eigenvalue weighted by Gasteiger charge is -2.06. The van der Waals surface area contributed by atoms with E-state index in [2.05, 4.69) is 0 Å². The third-order valence-electron chi connectivity index (χ3n) is 4.26. The summed E-state index contributed by atoms with van der Waals surface area (Å²) in [6, 6.07) is 17.9. The topological polar surface area (TPSA) is 61.4 Å². The van der Waals surface area contributed by atoms with Crippen LogP contribution in [-0.2, 0) is 0 Å². The molecule has 2 aromatic carbocycles. The number of fused-ring (bicyclic) bond motifs is 1. The van der Waals surface area contributed by atoms with Gasteiger partial charge in [0.1, 0.15) is 11.5 Å². The van der Waals surface area contributed by atoms with Gasteiger partial charge >= 0.3 is 0 Å². The number of ether oxygens (including phenoxy) is 1. The maximum atomic E-state index is 13.1. The molecule has 0 aliphatic heterocycles. The van der Waals surface area contributed by atoms with Crippen LogP contribution in [0.1, 0.15) is 20.9 Å². The molecule has 5 heteroatoms. The van der Waals surface area contributed by atoms with Crippen molar-refractivity contribution in [1.29, 1.82) is 0 Å². The molecular formula is C21H15NO4. The Morgan fingerprint density at radius 3 is 2.69 bits per heavy atom. The van der Waals surface area contributed by atoms with Crippen LogP contribution in [0.25, 0.3) is 22.2 Å². The molecule has 0 saturated heterocycles. The van der Waals surface area contributed by atoms with Crippen molar-refractivity contribution in [3.63, 3.8) is 0 Å². The predicted octanol–water partition coefficient (Wildman–Crippen LogP) is 4.41. The fourth-order valence-electron chi connectivity index (χ4n) is 3.00. The minimum Gasteiger partial charge on any atom is -0.497 e. The molecule has 0 unspecified atom stereocenters. The molecule has 0 amide bonds. The molecule has 0 spiro atoms. The molecule has 26 heavy (non-hydrogen) atoms. The van der Waals surface area contributed by atoms with Crippen molar-refractivity contribution >= 4 is 23.1 Å². The van der Waals surface area contributed by atoms with Crippen LogP contribution in [0.15, 0.2) is 71.3 Å². The fourth-order valence-corrected chi connectivity index (χ4v) is 3.00. The van der Waals surface area contributed by atoms with Crippen molar-refractivity contribution in [3.05, 3.63) is 78.2 Å². The van der Waals surface area contributed by atoms with Crippen LogP contribution in [-0.4, -0.2) is 23.9 Å². The number of benzene rings is 2. The largest absolute Gasteiger partial charge is 0.497 e. The van der Waals surface area contributed by atoms with Gasteiger partial charge in [0.15, 0.2) is 12.0 Å². The molecule has 5 nitrogen and oxygen atoms in total. The quantitative estimate of drug-likeness (QED) is 0.514. The molecule has 0 fully saturated rings. The van der Waals surface area contributed by atoms with E-state index in [1.165, 1.54) is 0 Å². The van der Waals surface area contributed by atoms with E-state index in [0.717, 1.165) is 16.5 Å². The molecule has 2 aromatic heterocycles. The van der Waals surface area contributed by atoms with Crippen LogP contribution >= 0.6 is 0 Å². The van der Waals surface area contributed by atoms with Gasteiger partial charge in [-0.05, 0) is 36.4 Å². The summed E-state index contributed by atoms with van der Waals surface area (Å²) in [5.74, 6) is 1.24. The van der Waals surface area contributed by atoms with E-state index in [4.69, 9.17) is 9.15 Å². The fraction of sp³-hybridized carbons (Fsp3) is 0.0476. The summed E-state index contributed by atoms with van der Waals surface area (Å²) in [6.07, 6.45) is 2.39. The van der Waals surface area contributed by atoms with Crippen LogP contribution < -0.4 is 4.74 Å². The highest BCUT2D eigenvalue weighted by Crippen LogP contribution is 2.32. The highest BCUT2D eigenvalue weighted by molar-refractivity contribution is 6.06. The maximum absolute atomic E-state index is 13.1. The van der Waals surface area contributed by atoms with E-state index in [9.17, 15) is 9.59 Å².